The number of ether oxygens (including phenoxy) is 1. The molecule has 4 rings (SSSR count). The van der Waals surface area contributed by atoms with Crippen LogP contribution >= 0.6 is 0 Å². The second kappa shape index (κ2) is 6.77. The normalized spacial score (nSPS) is 30.6. The Morgan fingerprint density at radius 1 is 0.679 bits per heavy atom. The molecule has 3 aliphatic carbocycles. The van der Waals surface area contributed by atoms with Gasteiger partial charge in [-0.25, -0.2) is 0 Å². The zero-order valence-electron chi connectivity index (χ0n) is 18.7. The lowest BCUT2D eigenvalue weighted by Gasteiger charge is -2.56. The van der Waals surface area contributed by atoms with Crippen LogP contribution in [0.15, 0.2) is 0 Å². The van der Waals surface area contributed by atoms with E-state index < -0.39 is 11.2 Å². The fourth-order valence-electron chi connectivity index (χ4n) is 4.79. The first-order valence-corrected chi connectivity index (χ1v) is 10.8. The van der Waals surface area contributed by atoms with Crippen molar-refractivity contribution < 1.29 is 14.9 Å². The molecule has 3 heteroatoms. The molecule has 3 nitrogen and oxygen atoms in total. The Hall–Kier alpha value is -1.00. The first-order chi connectivity index (χ1) is 12.7. The van der Waals surface area contributed by atoms with Crippen LogP contribution in [0.5, 0.6) is 0 Å². The van der Waals surface area contributed by atoms with Crippen LogP contribution in [0.1, 0.15) is 86.5 Å². The molecule has 2 N–H and O–H groups in total. The van der Waals surface area contributed by atoms with Gasteiger partial charge in [-0.2, -0.15) is 0 Å². The van der Waals surface area contributed by atoms with Crippen molar-refractivity contribution in [2.24, 2.45) is 21.7 Å². The summed E-state index contributed by atoms with van der Waals surface area (Å²) in [6.45, 7) is 14.1. The Labute approximate surface area is 171 Å². The summed E-state index contributed by atoms with van der Waals surface area (Å²) in [7, 11) is 0. The van der Waals surface area contributed by atoms with E-state index >= 15 is 0 Å². The van der Waals surface area contributed by atoms with E-state index in [1.54, 1.807) is 0 Å². The Morgan fingerprint density at radius 3 is 1.32 bits per heavy atom. The molecular formula is C25H38O3. The minimum absolute atomic E-state index is 0.0120. The van der Waals surface area contributed by atoms with E-state index in [2.05, 4.69) is 65.2 Å². The number of aliphatic hydroxyl groups is 2. The van der Waals surface area contributed by atoms with E-state index in [-0.39, 0.29) is 16.2 Å². The predicted molar refractivity (Wildman–Crippen MR) is 112 cm³/mol. The number of hydrogen-bond donors (Lipinski definition) is 2. The van der Waals surface area contributed by atoms with Gasteiger partial charge in [0.05, 0.1) is 13.2 Å². The second-order valence-electron chi connectivity index (χ2n) is 12.1. The third kappa shape index (κ3) is 5.13. The molecule has 0 aromatic carbocycles. The molecule has 4 aliphatic rings. The Morgan fingerprint density at radius 2 is 1.07 bits per heavy atom. The summed E-state index contributed by atoms with van der Waals surface area (Å²) in [5.74, 6) is 12.3. The molecule has 28 heavy (non-hydrogen) atoms. The SMILES string of the molecule is CC(C)(C)C#CC1(O)CC2(CCC2)C1.CC(C)(C)C#CC1(O)CC2(COC2)C1. The zero-order chi connectivity index (χ0) is 20.9. The maximum Gasteiger partial charge on any atom is 0.126 e. The minimum atomic E-state index is -0.725. The number of hydrogen-bond acceptors (Lipinski definition) is 3. The van der Waals surface area contributed by atoms with Gasteiger partial charge in [0.25, 0.3) is 0 Å². The predicted octanol–water partition coefficient (Wildman–Crippen LogP) is 4.31. The zero-order valence-corrected chi connectivity index (χ0v) is 18.7. The summed E-state index contributed by atoms with van der Waals surface area (Å²) in [6, 6.07) is 0. The van der Waals surface area contributed by atoms with Crippen molar-refractivity contribution in [3.05, 3.63) is 0 Å². The van der Waals surface area contributed by atoms with E-state index in [0.29, 0.717) is 5.41 Å². The molecular weight excluding hydrogens is 348 g/mol. The van der Waals surface area contributed by atoms with Crippen molar-refractivity contribution >= 4 is 0 Å². The summed E-state index contributed by atoms with van der Waals surface area (Å²) in [5.41, 5.74) is -0.597. The average molecular weight is 387 g/mol. The fourth-order valence-corrected chi connectivity index (χ4v) is 4.79. The van der Waals surface area contributed by atoms with Gasteiger partial charge in [-0.3, -0.25) is 0 Å². The Bertz CT molecular complexity index is 638. The quantitative estimate of drug-likeness (QED) is 0.610. The van der Waals surface area contributed by atoms with Crippen molar-refractivity contribution in [1.82, 2.24) is 0 Å². The van der Waals surface area contributed by atoms with Gasteiger partial charge in [0.1, 0.15) is 11.2 Å². The molecule has 0 unspecified atom stereocenters. The van der Waals surface area contributed by atoms with E-state index in [1.165, 1.54) is 19.3 Å². The van der Waals surface area contributed by atoms with Gasteiger partial charge >= 0.3 is 0 Å². The fraction of sp³-hybridized carbons (Fsp3) is 0.840. The standard InChI is InChI=1S/C13H20O.C12H18O2/c1-11(2,3)7-8-13(14)9-12(10-13)5-4-6-12;1-10(2,3)4-5-12(13)6-11(7-12)8-14-9-11/h14H,4-6,9-10H2,1-3H3;13H,6-9H2,1-3H3. The number of rotatable bonds is 0. The Kier molecular flexibility index (Phi) is 5.25. The molecule has 0 aromatic rings. The lowest BCUT2D eigenvalue weighted by molar-refractivity contribution is -0.220. The molecule has 2 spiro atoms. The minimum Gasteiger partial charge on any atom is -0.380 e. The van der Waals surface area contributed by atoms with Gasteiger partial charge in [0.2, 0.25) is 0 Å². The van der Waals surface area contributed by atoms with Gasteiger partial charge in [0.15, 0.2) is 0 Å². The van der Waals surface area contributed by atoms with Gasteiger partial charge in [-0.15, -0.1) is 0 Å². The Balaban J connectivity index is 0.000000161. The lowest BCUT2D eigenvalue weighted by atomic mass is 9.50. The van der Waals surface area contributed by atoms with E-state index in [1.807, 2.05) is 0 Å². The summed E-state index contributed by atoms with van der Waals surface area (Å²) >= 11 is 0. The third-order valence-corrected chi connectivity index (χ3v) is 6.24. The van der Waals surface area contributed by atoms with E-state index in [0.717, 1.165) is 38.9 Å². The van der Waals surface area contributed by atoms with Crippen molar-refractivity contribution in [3.63, 3.8) is 0 Å². The van der Waals surface area contributed by atoms with Crippen LogP contribution in [-0.2, 0) is 4.74 Å². The van der Waals surface area contributed by atoms with Gasteiger partial charge in [-0.1, -0.05) is 30.1 Å². The topological polar surface area (TPSA) is 49.7 Å². The van der Waals surface area contributed by atoms with E-state index in [4.69, 9.17) is 4.74 Å². The van der Waals surface area contributed by atoms with Crippen LogP contribution in [0.4, 0.5) is 0 Å². The molecule has 0 radical (unpaired) electrons. The van der Waals surface area contributed by atoms with Gasteiger partial charge in [-0.05, 0) is 85.5 Å². The molecule has 0 amide bonds. The first kappa shape index (κ1) is 21.7. The van der Waals surface area contributed by atoms with Crippen molar-refractivity contribution in [2.45, 2.75) is 97.7 Å². The highest BCUT2D eigenvalue weighted by Gasteiger charge is 2.57. The van der Waals surface area contributed by atoms with Crippen LogP contribution in [0, 0.1) is 45.3 Å². The van der Waals surface area contributed by atoms with Crippen LogP contribution in [0.25, 0.3) is 0 Å². The molecule has 3 saturated carbocycles. The maximum atomic E-state index is 10.1. The first-order valence-electron chi connectivity index (χ1n) is 10.8. The smallest absolute Gasteiger partial charge is 0.126 e. The van der Waals surface area contributed by atoms with Gasteiger partial charge < -0.3 is 14.9 Å². The monoisotopic (exact) mass is 386 g/mol. The van der Waals surface area contributed by atoms with Crippen LogP contribution in [-0.4, -0.2) is 34.6 Å². The van der Waals surface area contributed by atoms with Crippen molar-refractivity contribution in [3.8, 4) is 23.7 Å². The summed E-state index contributed by atoms with van der Waals surface area (Å²) in [5, 5.41) is 20.1. The third-order valence-electron chi connectivity index (χ3n) is 6.24. The van der Waals surface area contributed by atoms with Crippen molar-refractivity contribution in [1.29, 1.82) is 0 Å². The summed E-state index contributed by atoms with van der Waals surface area (Å²) in [4.78, 5) is 0. The maximum absolute atomic E-state index is 10.1. The largest absolute Gasteiger partial charge is 0.380 e. The average Bonchev–Trinajstić information content (AvgIpc) is 2.41. The van der Waals surface area contributed by atoms with Crippen LogP contribution in [0.2, 0.25) is 0 Å². The summed E-state index contributed by atoms with van der Waals surface area (Å²) < 4.78 is 5.16. The molecule has 1 heterocycles. The highest BCUT2D eigenvalue weighted by Crippen LogP contribution is 2.60. The molecule has 4 fully saturated rings. The van der Waals surface area contributed by atoms with Crippen LogP contribution < -0.4 is 0 Å². The summed E-state index contributed by atoms with van der Waals surface area (Å²) in [6.07, 6.45) is 7.40. The molecule has 0 aromatic heterocycles. The van der Waals surface area contributed by atoms with E-state index in [9.17, 15) is 10.2 Å². The lowest BCUT2D eigenvalue weighted by Crippen LogP contribution is -2.60. The molecule has 156 valence electrons. The molecule has 1 saturated heterocycles. The molecule has 1 aliphatic heterocycles. The highest BCUT2D eigenvalue weighted by molar-refractivity contribution is 5.26. The highest BCUT2D eigenvalue weighted by atomic mass is 16.5. The van der Waals surface area contributed by atoms with Crippen molar-refractivity contribution in [2.75, 3.05) is 13.2 Å². The van der Waals surface area contributed by atoms with Crippen LogP contribution in [0.3, 0.4) is 0 Å². The molecule has 0 bridgehead atoms. The molecule has 0 atom stereocenters. The second-order valence-corrected chi connectivity index (χ2v) is 12.1. The van der Waals surface area contributed by atoms with Gasteiger partial charge in [0, 0.05) is 16.2 Å².